The Balaban J connectivity index is 1.52. The predicted octanol–water partition coefficient (Wildman–Crippen LogP) is 3.08. The third-order valence-electron chi connectivity index (χ3n) is 5.87. The highest BCUT2D eigenvalue weighted by Crippen LogP contribution is 2.29. The van der Waals surface area contributed by atoms with E-state index in [1.807, 2.05) is 23.2 Å². The van der Waals surface area contributed by atoms with Gasteiger partial charge in [-0.05, 0) is 53.1 Å². The molecule has 0 aliphatic carbocycles. The number of fused-ring (bicyclic) bond motifs is 2. The highest BCUT2D eigenvalue weighted by molar-refractivity contribution is 6.00. The van der Waals surface area contributed by atoms with Crippen LogP contribution in [0.5, 0.6) is 5.75 Å². The number of carbonyl (C=O) groups excluding carboxylic acids is 2. The van der Waals surface area contributed by atoms with Crippen molar-refractivity contribution in [3.63, 3.8) is 0 Å². The summed E-state index contributed by atoms with van der Waals surface area (Å²) in [6.45, 7) is 5.50. The van der Waals surface area contributed by atoms with Gasteiger partial charge >= 0.3 is 0 Å². The van der Waals surface area contributed by atoms with Crippen molar-refractivity contribution in [2.45, 2.75) is 45.6 Å². The van der Waals surface area contributed by atoms with Gasteiger partial charge in [0.1, 0.15) is 18.1 Å². The van der Waals surface area contributed by atoms with Gasteiger partial charge < -0.3 is 9.64 Å². The zero-order valence-corrected chi connectivity index (χ0v) is 17.3. The predicted molar refractivity (Wildman–Crippen MR) is 111 cm³/mol. The van der Waals surface area contributed by atoms with Crippen LogP contribution in [-0.2, 0) is 29.0 Å². The number of amides is 2. The molecule has 6 nitrogen and oxygen atoms in total. The van der Waals surface area contributed by atoms with Crippen LogP contribution in [0.15, 0.2) is 30.5 Å². The second-order valence-corrected chi connectivity index (χ2v) is 8.09. The third-order valence-corrected chi connectivity index (χ3v) is 5.87. The number of nitrogens with zero attached hydrogens (tertiary/aromatic N) is 3. The summed E-state index contributed by atoms with van der Waals surface area (Å²) in [5.74, 6) is 1.73. The smallest absolute Gasteiger partial charge is 0.243 e. The second kappa shape index (κ2) is 7.85. The molecule has 0 unspecified atom stereocenters. The second-order valence-electron chi connectivity index (χ2n) is 8.09. The third kappa shape index (κ3) is 3.84. The lowest BCUT2D eigenvalue weighted by Gasteiger charge is -2.33. The number of ether oxygens (including phenoxy) is 1. The zero-order valence-electron chi connectivity index (χ0n) is 17.3. The fourth-order valence-electron chi connectivity index (χ4n) is 4.03. The van der Waals surface area contributed by atoms with Gasteiger partial charge in [0, 0.05) is 25.7 Å². The first-order chi connectivity index (χ1) is 14.0. The maximum Gasteiger partial charge on any atom is 0.243 e. The minimum absolute atomic E-state index is 0.0327. The standard InChI is InChI=1S/C23H27N3O3/c1-15(2)18-10-17-5-7-21(27)26(23(17)24-12-18)14-22(28)25-9-8-16-4-6-20(29-3)11-19(16)13-25/h4,6,10-12,15H,5,7-9,13-14H2,1-3H3. The van der Waals surface area contributed by atoms with E-state index in [-0.39, 0.29) is 18.4 Å². The largest absolute Gasteiger partial charge is 0.497 e. The topological polar surface area (TPSA) is 62.7 Å². The first-order valence-electron chi connectivity index (χ1n) is 10.2. The molecule has 6 heteroatoms. The summed E-state index contributed by atoms with van der Waals surface area (Å²) in [6.07, 6.45) is 3.74. The van der Waals surface area contributed by atoms with E-state index >= 15 is 0 Å². The lowest BCUT2D eigenvalue weighted by atomic mass is 9.98. The molecule has 0 saturated carbocycles. The Morgan fingerprint density at radius 2 is 1.97 bits per heavy atom. The number of methoxy groups -OCH3 is 1. The number of pyridine rings is 1. The number of anilines is 1. The molecule has 3 heterocycles. The molecule has 2 aliphatic heterocycles. The van der Waals surface area contributed by atoms with Crippen molar-refractivity contribution < 1.29 is 14.3 Å². The molecule has 0 atom stereocenters. The van der Waals surface area contributed by atoms with Crippen LogP contribution in [-0.4, -0.2) is 41.9 Å². The van der Waals surface area contributed by atoms with Gasteiger partial charge in [-0.2, -0.15) is 0 Å². The summed E-state index contributed by atoms with van der Waals surface area (Å²) in [5, 5.41) is 0. The number of aromatic nitrogens is 1. The van der Waals surface area contributed by atoms with Crippen molar-refractivity contribution in [2.75, 3.05) is 25.1 Å². The van der Waals surface area contributed by atoms with E-state index in [1.54, 1.807) is 12.0 Å². The van der Waals surface area contributed by atoms with Crippen molar-refractivity contribution in [3.05, 3.63) is 52.7 Å². The van der Waals surface area contributed by atoms with E-state index in [4.69, 9.17) is 4.74 Å². The first-order valence-corrected chi connectivity index (χ1v) is 10.2. The van der Waals surface area contributed by atoms with E-state index in [0.717, 1.165) is 28.9 Å². The van der Waals surface area contributed by atoms with Crippen LogP contribution in [0.3, 0.4) is 0 Å². The zero-order chi connectivity index (χ0) is 20.5. The van der Waals surface area contributed by atoms with Gasteiger partial charge in [0.2, 0.25) is 11.8 Å². The number of benzene rings is 1. The molecule has 0 spiro atoms. The van der Waals surface area contributed by atoms with Gasteiger partial charge in [-0.25, -0.2) is 4.98 Å². The normalized spacial score (nSPS) is 15.9. The van der Waals surface area contributed by atoms with Gasteiger partial charge in [-0.1, -0.05) is 26.0 Å². The molecule has 1 aromatic heterocycles. The highest BCUT2D eigenvalue weighted by Gasteiger charge is 2.30. The Hall–Kier alpha value is -2.89. The summed E-state index contributed by atoms with van der Waals surface area (Å²) in [6, 6.07) is 8.14. The molecule has 29 heavy (non-hydrogen) atoms. The fourth-order valence-corrected chi connectivity index (χ4v) is 4.03. The van der Waals surface area contributed by atoms with Crippen molar-refractivity contribution in [2.24, 2.45) is 0 Å². The maximum atomic E-state index is 13.0. The molecular formula is C23H27N3O3. The summed E-state index contributed by atoms with van der Waals surface area (Å²) in [5.41, 5.74) is 4.56. The monoisotopic (exact) mass is 393 g/mol. The molecule has 0 bridgehead atoms. The average molecular weight is 393 g/mol. The SMILES string of the molecule is COc1ccc2c(c1)CN(C(=O)CN1C(=O)CCc3cc(C(C)C)cnc31)CC2. The summed E-state index contributed by atoms with van der Waals surface area (Å²) < 4.78 is 5.31. The highest BCUT2D eigenvalue weighted by atomic mass is 16.5. The van der Waals surface area contributed by atoms with Gasteiger partial charge in [-0.15, -0.1) is 0 Å². The number of aryl methyl sites for hydroxylation is 1. The van der Waals surface area contributed by atoms with Crippen LogP contribution in [0.4, 0.5) is 5.82 Å². The van der Waals surface area contributed by atoms with E-state index in [1.165, 1.54) is 5.56 Å². The Morgan fingerprint density at radius 3 is 2.72 bits per heavy atom. The number of carbonyl (C=O) groups is 2. The quantitative estimate of drug-likeness (QED) is 0.801. The van der Waals surface area contributed by atoms with Crippen LogP contribution in [0.1, 0.15) is 48.4 Å². The van der Waals surface area contributed by atoms with Gasteiger partial charge in [0.25, 0.3) is 0 Å². The molecule has 0 radical (unpaired) electrons. The van der Waals surface area contributed by atoms with Crippen molar-refractivity contribution in [3.8, 4) is 5.75 Å². The van der Waals surface area contributed by atoms with Crippen LogP contribution in [0.25, 0.3) is 0 Å². The molecule has 2 aliphatic rings. The fraction of sp³-hybridized carbons (Fsp3) is 0.435. The Morgan fingerprint density at radius 1 is 1.14 bits per heavy atom. The summed E-state index contributed by atoms with van der Waals surface area (Å²) in [4.78, 5) is 33.5. The van der Waals surface area contributed by atoms with E-state index in [9.17, 15) is 9.59 Å². The Labute approximate surface area is 171 Å². The summed E-state index contributed by atoms with van der Waals surface area (Å²) in [7, 11) is 1.64. The van der Waals surface area contributed by atoms with E-state index in [2.05, 4.69) is 31.0 Å². The minimum Gasteiger partial charge on any atom is -0.497 e. The molecular weight excluding hydrogens is 366 g/mol. The molecule has 4 rings (SSSR count). The summed E-state index contributed by atoms with van der Waals surface area (Å²) >= 11 is 0. The minimum atomic E-state index is -0.0468. The van der Waals surface area contributed by atoms with Crippen molar-refractivity contribution >= 4 is 17.6 Å². The Kier molecular flexibility index (Phi) is 5.26. The molecule has 0 fully saturated rings. The van der Waals surface area contributed by atoms with Crippen molar-refractivity contribution in [1.29, 1.82) is 0 Å². The molecule has 152 valence electrons. The molecule has 1 aromatic carbocycles. The van der Waals surface area contributed by atoms with Crippen LogP contribution >= 0.6 is 0 Å². The average Bonchev–Trinajstić information content (AvgIpc) is 2.74. The van der Waals surface area contributed by atoms with Crippen LogP contribution in [0, 0.1) is 0 Å². The molecule has 0 saturated heterocycles. The van der Waals surface area contributed by atoms with Gasteiger partial charge in [0.15, 0.2) is 0 Å². The van der Waals surface area contributed by atoms with Crippen LogP contribution in [0.2, 0.25) is 0 Å². The number of hydrogen-bond acceptors (Lipinski definition) is 4. The number of hydrogen-bond donors (Lipinski definition) is 0. The molecule has 2 amide bonds. The van der Waals surface area contributed by atoms with E-state index < -0.39 is 0 Å². The van der Waals surface area contributed by atoms with E-state index in [0.29, 0.717) is 37.7 Å². The molecule has 0 N–H and O–H groups in total. The van der Waals surface area contributed by atoms with Gasteiger partial charge in [0.05, 0.1) is 7.11 Å². The molecule has 2 aromatic rings. The lowest BCUT2D eigenvalue weighted by Crippen LogP contribution is -2.46. The van der Waals surface area contributed by atoms with Crippen molar-refractivity contribution in [1.82, 2.24) is 9.88 Å². The van der Waals surface area contributed by atoms with Gasteiger partial charge in [-0.3, -0.25) is 14.5 Å². The number of rotatable bonds is 4. The van der Waals surface area contributed by atoms with Crippen LogP contribution < -0.4 is 9.64 Å². The maximum absolute atomic E-state index is 13.0. The first kappa shape index (κ1) is 19.4. The lowest BCUT2D eigenvalue weighted by molar-refractivity contribution is -0.132. The Bertz CT molecular complexity index is 954.